The molecule has 0 bridgehead atoms. The fourth-order valence-corrected chi connectivity index (χ4v) is 17.6. The van der Waals surface area contributed by atoms with E-state index in [0.29, 0.717) is 57.8 Å². The van der Waals surface area contributed by atoms with E-state index in [2.05, 4.69) is 40.7 Å². The number of rotatable bonds is 14. The highest BCUT2D eigenvalue weighted by Crippen LogP contribution is 2.76. The number of hydrogen-bond donors (Lipinski definition) is 16. The van der Waals surface area contributed by atoms with Crippen LogP contribution in [0.3, 0.4) is 0 Å². The first-order chi connectivity index (χ1) is 40.4. The second-order valence-electron chi connectivity index (χ2n) is 28.5. The number of fused-ring (bicyclic) bond motifs is 7. The molecule has 10 rings (SSSR count). The minimum absolute atomic E-state index is 0.0953. The van der Waals surface area contributed by atoms with E-state index in [-0.39, 0.29) is 47.2 Å². The number of allylic oxidation sites excluding steroid dienone is 2. The molecule has 494 valence electrons. The van der Waals surface area contributed by atoms with Crippen molar-refractivity contribution < 1.29 is 134 Å². The SMILES string of the molecule is C[C@@H]1O[C@@H](O[C@H]2[C@H](O)[C@@H](O)[C@H](OC[C@H]3O[C@@H](OC(=O)[C@]45CCC(C)(C)C[C@H]4C4=CC[C@@H]6[C@@]7(C)CCC(O[C@@H]8OC[C@H](O)[C@H](O)[C@H]8O[C@@H]8O[C@H](CO)[C@@H](O)[C@H](O)[C@H]8O)[C@@](C)(CO)[C@@H]7CC[C@@]6(C)[C@]4(C)CC5)[C@H](O)[C@@H](O)[C@@H]3O)O[C@@H]2CO)[C@H](O)[C@H](O)[C@H]1O. The van der Waals surface area contributed by atoms with E-state index in [1.807, 2.05) is 6.92 Å². The van der Waals surface area contributed by atoms with Gasteiger partial charge in [0.25, 0.3) is 0 Å². The van der Waals surface area contributed by atoms with Gasteiger partial charge in [0.1, 0.15) is 110 Å². The summed E-state index contributed by atoms with van der Waals surface area (Å²) in [6, 6.07) is 0. The average molecular weight is 1240 g/mol. The van der Waals surface area contributed by atoms with Gasteiger partial charge in [-0.1, -0.05) is 53.2 Å². The van der Waals surface area contributed by atoms with E-state index in [0.717, 1.165) is 6.42 Å². The summed E-state index contributed by atoms with van der Waals surface area (Å²) in [5.74, 6) is -0.933. The normalized spacial score (nSPS) is 54.8. The molecule has 0 aromatic rings. The third kappa shape index (κ3) is 11.2. The van der Waals surface area contributed by atoms with Crippen molar-refractivity contribution in [2.24, 2.45) is 50.2 Å². The smallest absolute Gasteiger partial charge is 0.315 e. The maximum absolute atomic E-state index is 15.2. The molecule has 1 unspecified atom stereocenters. The molecule has 9 fully saturated rings. The Morgan fingerprint density at radius 2 is 1.14 bits per heavy atom. The summed E-state index contributed by atoms with van der Waals surface area (Å²) in [7, 11) is 0. The first-order valence-corrected chi connectivity index (χ1v) is 30.8. The molecule has 0 aromatic heterocycles. The second-order valence-corrected chi connectivity index (χ2v) is 28.5. The predicted molar refractivity (Wildman–Crippen MR) is 289 cm³/mol. The zero-order valence-electron chi connectivity index (χ0n) is 50.0. The summed E-state index contributed by atoms with van der Waals surface area (Å²) < 4.78 is 59.2. The Kier molecular flexibility index (Phi) is 19.4. The molecule has 16 N–H and O–H groups in total. The van der Waals surface area contributed by atoms with E-state index in [9.17, 15) is 81.7 Å². The number of aliphatic hydroxyl groups is 16. The van der Waals surface area contributed by atoms with Gasteiger partial charge < -0.3 is 129 Å². The average Bonchev–Trinajstić information content (AvgIpc) is 0.679. The van der Waals surface area contributed by atoms with Crippen LogP contribution in [0.2, 0.25) is 0 Å². The summed E-state index contributed by atoms with van der Waals surface area (Å²) in [5.41, 5.74) is -2.06. The maximum Gasteiger partial charge on any atom is 0.315 e. The second kappa shape index (κ2) is 24.9. The van der Waals surface area contributed by atoms with Gasteiger partial charge in [-0.05, 0) is 111 Å². The van der Waals surface area contributed by atoms with Crippen molar-refractivity contribution in [1.29, 1.82) is 0 Å². The van der Waals surface area contributed by atoms with Gasteiger partial charge in [0, 0.05) is 5.41 Å². The summed E-state index contributed by atoms with van der Waals surface area (Å²) in [6.45, 7) is 12.0. The van der Waals surface area contributed by atoms with Crippen LogP contribution in [0.1, 0.15) is 113 Å². The summed E-state index contributed by atoms with van der Waals surface area (Å²) in [6.07, 6.45) is -31.2. The van der Waals surface area contributed by atoms with Gasteiger partial charge in [-0.25, -0.2) is 0 Å². The molecule has 0 aromatic carbocycles. The van der Waals surface area contributed by atoms with E-state index >= 15 is 4.79 Å². The molecule has 27 nitrogen and oxygen atoms in total. The van der Waals surface area contributed by atoms with Crippen LogP contribution in [0.5, 0.6) is 0 Å². The van der Waals surface area contributed by atoms with E-state index in [1.165, 1.54) is 12.5 Å². The topological polar surface area (TPSA) is 433 Å². The van der Waals surface area contributed by atoms with Crippen molar-refractivity contribution in [1.82, 2.24) is 0 Å². The lowest BCUT2D eigenvalue weighted by molar-refractivity contribution is -0.368. The van der Waals surface area contributed by atoms with Crippen LogP contribution in [0, 0.1) is 50.2 Å². The summed E-state index contributed by atoms with van der Waals surface area (Å²) in [5, 5.41) is 172. The fraction of sp³-hybridized carbons (Fsp3) is 0.949. The number of ether oxygens (including phenoxy) is 10. The van der Waals surface area contributed by atoms with Crippen molar-refractivity contribution in [2.75, 3.05) is 33.0 Å². The molecule has 0 spiro atoms. The number of esters is 1. The lowest BCUT2D eigenvalue weighted by Crippen LogP contribution is -2.67. The standard InChI is InChI=1S/C59H96O27/c1-24-34(64)38(68)42(72)49(79-24)84-46-29(20-61)81-48(45(75)41(46)71)78-22-30-37(67)40(70)44(74)51(82-30)86-53(76)59-16-14-54(2,3)18-26(59)25-8-9-32-55(4)12-11-33(56(5,23-62)31(55)10-13-58(32,7)57(25,6)15-17-59)83-52-47(35(65)27(63)21-77-52)85-50-43(73)39(69)36(66)28(19-60)80-50/h8,24,26-52,60-75H,9-23H2,1-7H3/t24-,26-,27-,28+,29+,30+,31+,32+,33?,34-,35-,36+,37+,38+,39-,40-,41+,42+,43+,44+,45+,46+,47+,48+,49-,50-,51-,52-,55-,56-,57+,58+,59-/m0/s1. The monoisotopic (exact) mass is 1240 g/mol. The van der Waals surface area contributed by atoms with Gasteiger partial charge >= 0.3 is 5.97 Å². The molecule has 5 aliphatic carbocycles. The molecular formula is C59H96O27. The molecule has 0 amide bonds. The van der Waals surface area contributed by atoms with Crippen LogP contribution in [0.25, 0.3) is 0 Å². The lowest BCUT2D eigenvalue weighted by atomic mass is 9.33. The minimum Gasteiger partial charge on any atom is -0.432 e. The van der Waals surface area contributed by atoms with E-state index < -0.39 is 196 Å². The Morgan fingerprint density at radius 1 is 0.558 bits per heavy atom. The highest BCUT2D eigenvalue weighted by molar-refractivity contribution is 5.79. The minimum atomic E-state index is -1.91. The van der Waals surface area contributed by atoms with Crippen LogP contribution < -0.4 is 0 Å². The largest absolute Gasteiger partial charge is 0.432 e. The molecule has 4 saturated carbocycles. The Morgan fingerprint density at radius 3 is 1.80 bits per heavy atom. The number of carbonyl (C=O) groups excluding carboxylic acids is 1. The van der Waals surface area contributed by atoms with Crippen molar-refractivity contribution in [3.8, 4) is 0 Å². The Bertz CT molecular complexity index is 2380. The fourth-order valence-electron chi connectivity index (χ4n) is 17.6. The van der Waals surface area contributed by atoms with Crippen molar-refractivity contribution in [3.05, 3.63) is 11.6 Å². The van der Waals surface area contributed by atoms with Crippen LogP contribution in [0.4, 0.5) is 0 Å². The van der Waals surface area contributed by atoms with Crippen molar-refractivity contribution >= 4 is 5.97 Å². The summed E-state index contributed by atoms with van der Waals surface area (Å²) >= 11 is 0. The van der Waals surface area contributed by atoms with Gasteiger partial charge in [0.15, 0.2) is 25.2 Å². The first-order valence-electron chi connectivity index (χ1n) is 30.8. The van der Waals surface area contributed by atoms with Gasteiger partial charge in [-0.15, -0.1) is 0 Å². The molecule has 27 heteroatoms. The van der Waals surface area contributed by atoms with Crippen LogP contribution in [-0.4, -0.2) is 274 Å². The first kappa shape index (κ1) is 67.1. The zero-order chi connectivity index (χ0) is 62.7. The molecular weight excluding hydrogens is 1140 g/mol. The number of carbonyl (C=O) groups is 1. The van der Waals surface area contributed by atoms with E-state index in [1.54, 1.807) is 0 Å². The highest BCUT2D eigenvalue weighted by atomic mass is 16.8. The van der Waals surface area contributed by atoms with Gasteiger partial charge in [0.05, 0.1) is 50.7 Å². The maximum atomic E-state index is 15.2. The quantitative estimate of drug-likeness (QED) is 0.0454. The molecule has 0 radical (unpaired) electrons. The molecule has 86 heavy (non-hydrogen) atoms. The third-order valence-corrected chi connectivity index (χ3v) is 23.2. The van der Waals surface area contributed by atoms with Crippen molar-refractivity contribution in [2.45, 2.75) is 266 Å². The number of aliphatic hydroxyl groups excluding tert-OH is 16. The Labute approximate surface area is 499 Å². The van der Waals surface area contributed by atoms with Crippen molar-refractivity contribution in [3.63, 3.8) is 0 Å². The third-order valence-electron chi connectivity index (χ3n) is 23.2. The highest BCUT2D eigenvalue weighted by Gasteiger charge is 2.71. The molecule has 5 saturated heterocycles. The van der Waals surface area contributed by atoms with Gasteiger partial charge in [-0.3, -0.25) is 4.79 Å². The van der Waals surface area contributed by atoms with Gasteiger partial charge in [-0.2, -0.15) is 0 Å². The van der Waals surface area contributed by atoms with E-state index in [4.69, 9.17) is 47.4 Å². The van der Waals surface area contributed by atoms with Crippen LogP contribution in [-0.2, 0) is 52.2 Å². The molecule has 10 aliphatic rings. The molecule has 33 atom stereocenters. The number of hydrogen-bond acceptors (Lipinski definition) is 27. The predicted octanol–water partition coefficient (Wildman–Crippen LogP) is -3.57. The lowest BCUT2D eigenvalue weighted by Gasteiger charge is -2.71. The zero-order valence-corrected chi connectivity index (χ0v) is 50.0. The van der Waals surface area contributed by atoms with Crippen LogP contribution in [0.15, 0.2) is 11.6 Å². The van der Waals surface area contributed by atoms with Crippen LogP contribution >= 0.6 is 0 Å². The Hall–Kier alpha value is -1.79. The summed E-state index contributed by atoms with van der Waals surface area (Å²) in [4.78, 5) is 15.2. The molecule has 5 heterocycles. The molecule has 5 aliphatic heterocycles. The van der Waals surface area contributed by atoms with Gasteiger partial charge in [0.2, 0.25) is 6.29 Å². The Balaban J connectivity index is 0.833.